The standard InChI is InChI=1S/C14H26N2O3S/c1-10(2)7-11(13(17)18)8-15-14(19)16-9-12-5-3-4-6-20-12/h10-12H,3-9H2,1-2H3,(H,17,18)(H2,15,16,19). The molecule has 0 aliphatic carbocycles. The molecule has 0 aromatic heterocycles. The first kappa shape index (κ1) is 17.1. The van der Waals surface area contributed by atoms with Gasteiger partial charge in [0.25, 0.3) is 0 Å². The van der Waals surface area contributed by atoms with E-state index in [1.807, 2.05) is 25.6 Å². The van der Waals surface area contributed by atoms with Gasteiger partial charge in [-0.25, -0.2) is 4.79 Å². The highest BCUT2D eigenvalue weighted by molar-refractivity contribution is 7.99. The van der Waals surface area contributed by atoms with Crippen LogP contribution in [0.25, 0.3) is 0 Å². The predicted octanol–water partition coefficient (Wildman–Crippen LogP) is 2.32. The molecule has 0 aromatic rings. The molecular weight excluding hydrogens is 276 g/mol. The number of carbonyl (C=O) groups is 2. The molecule has 0 spiro atoms. The Morgan fingerprint density at radius 3 is 2.60 bits per heavy atom. The van der Waals surface area contributed by atoms with Crippen LogP contribution in [0.15, 0.2) is 0 Å². The number of hydrogen-bond acceptors (Lipinski definition) is 3. The highest BCUT2D eigenvalue weighted by Gasteiger charge is 2.20. The highest BCUT2D eigenvalue weighted by atomic mass is 32.2. The summed E-state index contributed by atoms with van der Waals surface area (Å²) < 4.78 is 0. The number of carboxylic acids is 1. The first-order chi connectivity index (χ1) is 9.49. The number of hydrogen-bond donors (Lipinski definition) is 3. The van der Waals surface area contributed by atoms with E-state index in [4.69, 9.17) is 5.11 Å². The number of amides is 2. The Kier molecular flexibility index (Phi) is 7.80. The van der Waals surface area contributed by atoms with Gasteiger partial charge in [-0.15, -0.1) is 0 Å². The fourth-order valence-corrected chi connectivity index (χ4v) is 3.53. The molecular formula is C14H26N2O3S. The van der Waals surface area contributed by atoms with Crippen molar-refractivity contribution in [2.75, 3.05) is 18.8 Å². The molecule has 0 saturated carbocycles. The van der Waals surface area contributed by atoms with Crippen molar-refractivity contribution >= 4 is 23.8 Å². The largest absolute Gasteiger partial charge is 0.481 e. The molecule has 1 aliphatic rings. The molecule has 0 aromatic carbocycles. The number of aliphatic carboxylic acids is 1. The average molecular weight is 302 g/mol. The molecule has 1 saturated heterocycles. The molecule has 0 radical (unpaired) electrons. The fraction of sp³-hybridized carbons (Fsp3) is 0.857. The van der Waals surface area contributed by atoms with Crippen LogP contribution >= 0.6 is 11.8 Å². The van der Waals surface area contributed by atoms with E-state index in [1.165, 1.54) is 18.6 Å². The summed E-state index contributed by atoms with van der Waals surface area (Å²) in [5, 5.41) is 15.1. The summed E-state index contributed by atoms with van der Waals surface area (Å²) in [6.45, 7) is 4.82. The Morgan fingerprint density at radius 2 is 2.05 bits per heavy atom. The average Bonchev–Trinajstić information content (AvgIpc) is 2.41. The molecule has 1 fully saturated rings. The Morgan fingerprint density at radius 1 is 1.30 bits per heavy atom. The van der Waals surface area contributed by atoms with E-state index in [2.05, 4.69) is 10.6 Å². The lowest BCUT2D eigenvalue weighted by molar-refractivity contribution is -0.142. The summed E-state index contributed by atoms with van der Waals surface area (Å²) in [6, 6.07) is -0.258. The number of thioether (sulfide) groups is 1. The van der Waals surface area contributed by atoms with E-state index in [9.17, 15) is 9.59 Å². The van der Waals surface area contributed by atoms with Gasteiger partial charge in [-0.3, -0.25) is 4.79 Å². The van der Waals surface area contributed by atoms with Gasteiger partial charge in [0, 0.05) is 18.3 Å². The van der Waals surface area contributed by atoms with Crippen LogP contribution in [0.5, 0.6) is 0 Å². The molecule has 1 aliphatic heterocycles. The van der Waals surface area contributed by atoms with Crippen LogP contribution < -0.4 is 10.6 Å². The first-order valence-corrected chi connectivity index (χ1v) is 8.40. The Hall–Kier alpha value is -0.910. The van der Waals surface area contributed by atoms with Crippen LogP contribution in [0.3, 0.4) is 0 Å². The lowest BCUT2D eigenvalue weighted by Gasteiger charge is -2.22. The molecule has 20 heavy (non-hydrogen) atoms. The molecule has 5 nitrogen and oxygen atoms in total. The fourth-order valence-electron chi connectivity index (χ4n) is 2.29. The zero-order valence-corrected chi connectivity index (χ0v) is 13.2. The maximum absolute atomic E-state index is 11.7. The molecule has 0 bridgehead atoms. The second-order valence-electron chi connectivity index (χ2n) is 5.74. The summed E-state index contributed by atoms with van der Waals surface area (Å²) in [4.78, 5) is 22.8. The van der Waals surface area contributed by atoms with Crippen molar-refractivity contribution in [1.82, 2.24) is 10.6 Å². The smallest absolute Gasteiger partial charge is 0.314 e. The Labute approximate surface area is 125 Å². The van der Waals surface area contributed by atoms with Crippen molar-refractivity contribution in [3.8, 4) is 0 Å². The number of rotatable bonds is 7. The number of carboxylic acid groups (broad SMARTS) is 1. The van der Waals surface area contributed by atoms with Crippen LogP contribution in [0, 0.1) is 11.8 Å². The van der Waals surface area contributed by atoms with Gasteiger partial charge in [-0.1, -0.05) is 20.3 Å². The number of nitrogens with one attached hydrogen (secondary N) is 2. The van der Waals surface area contributed by atoms with Gasteiger partial charge >= 0.3 is 12.0 Å². The molecule has 116 valence electrons. The van der Waals surface area contributed by atoms with E-state index in [0.717, 1.165) is 6.42 Å². The summed E-state index contributed by atoms with van der Waals surface area (Å²) >= 11 is 1.91. The summed E-state index contributed by atoms with van der Waals surface area (Å²) in [7, 11) is 0. The third-order valence-corrected chi connectivity index (χ3v) is 4.78. The van der Waals surface area contributed by atoms with Gasteiger partial charge in [0.05, 0.1) is 5.92 Å². The lowest BCUT2D eigenvalue weighted by Crippen LogP contribution is -2.42. The SMILES string of the molecule is CC(C)CC(CNC(=O)NCC1CCCCS1)C(=O)O. The molecule has 1 heterocycles. The molecule has 2 amide bonds. The van der Waals surface area contributed by atoms with Gasteiger partial charge in [-0.05, 0) is 30.9 Å². The van der Waals surface area contributed by atoms with E-state index >= 15 is 0 Å². The second kappa shape index (κ2) is 9.10. The first-order valence-electron chi connectivity index (χ1n) is 7.35. The third-order valence-electron chi connectivity index (χ3n) is 3.38. The van der Waals surface area contributed by atoms with Gasteiger partial charge in [0.15, 0.2) is 0 Å². The normalized spacial score (nSPS) is 20.4. The van der Waals surface area contributed by atoms with E-state index in [-0.39, 0.29) is 12.6 Å². The minimum Gasteiger partial charge on any atom is -0.481 e. The molecule has 6 heteroatoms. The van der Waals surface area contributed by atoms with Crippen LogP contribution in [-0.2, 0) is 4.79 Å². The van der Waals surface area contributed by atoms with E-state index in [0.29, 0.717) is 24.1 Å². The van der Waals surface area contributed by atoms with Crippen LogP contribution in [0.2, 0.25) is 0 Å². The van der Waals surface area contributed by atoms with E-state index < -0.39 is 11.9 Å². The van der Waals surface area contributed by atoms with Crippen LogP contribution in [0.1, 0.15) is 39.5 Å². The van der Waals surface area contributed by atoms with Gasteiger partial charge in [-0.2, -0.15) is 11.8 Å². The summed E-state index contributed by atoms with van der Waals surface area (Å²) in [5.41, 5.74) is 0. The summed E-state index contributed by atoms with van der Waals surface area (Å²) in [6.07, 6.45) is 4.23. The van der Waals surface area contributed by atoms with Crippen molar-refractivity contribution in [2.24, 2.45) is 11.8 Å². The van der Waals surface area contributed by atoms with Gasteiger partial charge in [0.1, 0.15) is 0 Å². The predicted molar refractivity (Wildman–Crippen MR) is 82.1 cm³/mol. The van der Waals surface area contributed by atoms with Crippen molar-refractivity contribution in [3.63, 3.8) is 0 Å². The summed E-state index contributed by atoms with van der Waals surface area (Å²) in [5.74, 6) is 0.120. The molecule has 1 rings (SSSR count). The van der Waals surface area contributed by atoms with Crippen molar-refractivity contribution in [2.45, 2.75) is 44.8 Å². The topological polar surface area (TPSA) is 78.4 Å². The minimum absolute atomic E-state index is 0.192. The second-order valence-corrected chi connectivity index (χ2v) is 7.15. The molecule has 2 unspecified atom stereocenters. The maximum Gasteiger partial charge on any atom is 0.314 e. The van der Waals surface area contributed by atoms with Crippen molar-refractivity contribution < 1.29 is 14.7 Å². The number of urea groups is 1. The Bertz CT molecular complexity index is 318. The van der Waals surface area contributed by atoms with Gasteiger partial charge in [0.2, 0.25) is 0 Å². The lowest BCUT2D eigenvalue weighted by atomic mass is 9.97. The Balaban J connectivity index is 2.21. The van der Waals surface area contributed by atoms with Crippen molar-refractivity contribution in [3.05, 3.63) is 0 Å². The molecule has 3 N–H and O–H groups in total. The maximum atomic E-state index is 11.7. The zero-order valence-electron chi connectivity index (χ0n) is 12.4. The quantitative estimate of drug-likeness (QED) is 0.674. The van der Waals surface area contributed by atoms with Gasteiger partial charge < -0.3 is 15.7 Å². The highest BCUT2D eigenvalue weighted by Crippen LogP contribution is 2.24. The van der Waals surface area contributed by atoms with Crippen LogP contribution in [-0.4, -0.2) is 41.2 Å². The van der Waals surface area contributed by atoms with E-state index in [1.54, 1.807) is 0 Å². The van der Waals surface area contributed by atoms with Crippen molar-refractivity contribution in [1.29, 1.82) is 0 Å². The van der Waals surface area contributed by atoms with Crippen LogP contribution in [0.4, 0.5) is 4.79 Å². The zero-order chi connectivity index (χ0) is 15.0. The minimum atomic E-state index is -0.846. The number of carbonyl (C=O) groups excluding carboxylic acids is 1. The molecule has 2 atom stereocenters. The third kappa shape index (κ3) is 7.03. The monoisotopic (exact) mass is 302 g/mol.